The third-order valence-corrected chi connectivity index (χ3v) is 6.08. The molecule has 0 radical (unpaired) electrons. The highest BCUT2D eigenvalue weighted by Gasteiger charge is 2.30. The summed E-state index contributed by atoms with van der Waals surface area (Å²) in [5.74, 6) is -4.57. The molecule has 3 amide bonds. The standard InChI is InChI=1S/C23H31N5O7S/c1-12(26-21(32)15(24)9-13-11-25-16-6-4-3-5-14(13)16)20(31)28-18(10-19(29)30)22(33)27-17(23(34)35)7-8-36-2/h3-6,11-12,15,17-18,25H,7-10,24H2,1-2H3,(H,26,32)(H,27,33)(H,28,31)(H,29,30)(H,34,35). The number of nitrogens with two attached hydrogens (primary N) is 1. The van der Waals surface area contributed by atoms with Gasteiger partial charge in [0.05, 0.1) is 12.5 Å². The average Bonchev–Trinajstić information content (AvgIpc) is 3.23. The fourth-order valence-electron chi connectivity index (χ4n) is 3.46. The van der Waals surface area contributed by atoms with Crippen molar-refractivity contribution >= 4 is 52.3 Å². The van der Waals surface area contributed by atoms with Crippen LogP contribution in [0.2, 0.25) is 0 Å². The fraction of sp³-hybridized carbons (Fsp3) is 0.435. The Morgan fingerprint density at radius 3 is 2.31 bits per heavy atom. The second-order valence-corrected chi connectivity index (χ2v) is 9.23. The number of nitrogens with one attached hydrogen (secondary N) is 4. The molecule has 8 N–H and O–H groups in total. The molecule has 0 saturated heterocycles. The van der Waals surface area contributed by atoms with E-state index in [4.69, 9.17) is 10.8 Å². The number of aliphatic carboxylic acids is 2. The molecule has 2 rings (SSSR count). The Kier molecular flexibility index (Phi) is 10.7. The fourth-order valence-corrected chi connectivity index (χ4v) is 3.93. The minimum Gasteiger partial charge on any atom is -0.481 e. The van der Waals surface area contributed by atoms with Crippen molar-refractivity contribution in [2.45, 2.75) is 50.4 Å². The topological polar surface area (TPSA) is 204 Å². The molecular formula is C23H31N5O7S. The van der Waals surface area contributed by atoms with Crippen molar-refractivity contribution in [1.82, 2.24) is 20.9 Å². The number of thioether (sulfide) groups is 1. The Labute approximate surface area is 211 Å². The maximum absolute atomic E-state index is 12.6. The van der Waals surface area contributed by atoms with E-state index in [9.17, 15) is 29.1 Å². The zero-order valence-electron chi connectivity index (χ0n) is 19.9. The third-order valence-electron chi connectivity index (χ3n) is 5.44. The van der Waals surface area contributed by atoms with Crippen LogP contribution < -0.4 is 21.7 Å². The van der Waals surface area contributed by atoms with E-state index in [1.165, 1.54) is 18.7 Å². The number of H-pyrrole nitrogens is 1. The van der Waals surface area contributed by atoms with Gasteiger partial charge in [-0.05, 0) is 43.4 Å². The number of aromatic amines is 1. The first-order chi connectivity index (χ1) is 17.0. The number of carboxylic acid groups (broad SMARTS) is 2. The van der Waals surface area contributed by atoms with Gasteiger partial charge in [-0.3, -0.25) is 19.2 Å². The molecule has 2 aromatic rings. The average molecular weight is 522 g/mol. The van der Waals surface area contributed by atoms with Crippen LogP contribution in [0, 0.1) is 0 Å². The molecule has 0 aliphatic rings. The van der Waals surface area contributed by atoms with Gasteiger partial charge in [-0.2, -0.15) is 11.8 Å². The largest absolute Gasteiger partial charge is 0.481 e. The molecule has 13 heteroatoms. The first-order valence-electron chi connectivity index (χ1n) is 11.2. The van der Waals surface area contributed by atoms with Crippen LogP contribution in [0.25, 0.3) is 10.9 Å². The molecular weight excluding hydrogens is 490 g/mol. The summed E-state index contributed by atoms with van der Waals surface area (Å²) in [5, 5.41) is 26.4. The lowest BCUT2D eigenvalue weighted by Gasteiger charge is -2.23. The first kappa shape index (κ1) is 28.7. The number of hydrogen-bond acceptors (Lipinski definition) is 7. The van der Waals surface area contributed by atoms with Crippen molar-refractivity contribution in [3.8, 4) is 0 Å². The quantitative estimate of drug-likeness (QED) is 0.176. The molecule has 0 fully saturated rings. The molecule has 36 heavy (non-hydrogen) atoms. The predicted molar refractivity (Wildman–Crippen MR) is 134 cm³/mol. The van der Waals surface area contributed by atoms with E-state index in [-0.39, 0.29) is 12.8 Å². The molecule has 196 valence electrons. The number of carboxylic acids is 2. The summed E-state index contributed by atoms with van der Waals surface area (Å²) < 4.78 is 0. The Balaban J connectivity index is 1.98. The van der Waals surface area contributed by atoms with Gasteiger partial charge in [0.2, 0.25) is 17.7 Å². The van der Waals surface area contributed by atoms with Crippen LogP contribution in [0.15, 0.2) is 30.5 Å². The molecule has 1 aromatic carbocycles. The van der Waals surface area contributed by atoms with Crippen molar-refractivity contribution in [2.75, 3.05) is 12.0 Å². The number of para-hydroxylation sites is 1. The normalized spacial score (nSPS) is 14.3. The minimum atomic E-state index is -1.54. The zero-order chi connectivity index (χ0) is 26.8. The van der Waals surface area contributed by atoms with Gasteiger partial charge >= 0.3 is 11.9 Å². The van der Waals surface area contributed by atoms with Crippen LogP contribution in [0.4, 0.5) is 0 Å². The first-order valence-corrected chi connectivity index (χ1v) is 12.6. The molecule has 0 aliphatic carbocycles. The van der Waals surface area contributed by atoms with Crippen LogP contribution in [0.1, 0.15) is 25.3 Å². The van der Waals surface area contributed by atoms with E-state index < -0.39 is 60.2 Å². The molecule has 0 aliphatic heterocycles. The lowest BCUT2D eigenvalue weighted by atomic mass is 10.0. The van der Waals surface area contributed by atoms with Crippen molar-refractivity contribution < 1.29 is 34.2 Å². The van der Waals surface area contributed by atoms with Crippen molar-refractivity contribution in [2.24, 2.45) is 5.73 Å². The van der Waals surface area contributed by atoms with Gasteiger partial charge in [-0.15, -0.1) is 0 Å². The van der Waals surface area contributed by atoms with Crippen molar-refractivity contribution in [3.63, 3.8) is 0 Å². The Bertz CT molecular complexity index is 1110. The van der Waals surface area contributed by atoms with E-state index in [0.29, 0.717) is 5.75 Å². The SMILES string of the molecule is CSCCC(NC(=O)C(CC(=O)O)NC(=O)C(C)NC(=O)C(N)Cc1c[nH]c2ccccc12)C(=O)O. The van der Waals surface area contributed by atoms with Crippen LogP contribution in [0.3, 0.4) is 0 Å². The zero-order valence-corrected chi connectivity index (χ0v) is 20.8. The molecule has 4 atom stereocenters. The Morgan fingerprint density at radius 2 is 1.67 bits per heavy atom. The van der Waals surface area contributed by atoms with E-state index in [1.807, 2.05) is 24.3 Å². The highest BCUT2D eigenvalue weighted by atomic mass is 32.2. The van der Waals surface area contributed by atoms with Crippen LogP contribution in [0.5, 0.6) is 0 Å². The van der Waals surface area contributed by atoms with E-state index in [0.717, 1.165) is 16.5 Å². The smallest absolute Gasteiger partial charge is 0.326 e. The van der Waals surface area contributed by atoms with Crippen LogP contribution >= 0.6 is 11.8 Å². The highest BCUT2D eigenvalue weighted by Crippen LogP contribution is 2.18. The monoisotopic (exact) mass is 521 g/mol. The molecule has 4 unspecified atom stereocenters. The van der Waals surface area contributed by atoms with E-state index in [1.54, 1.807) is 12.5 Å². The van der Waals surface area contributed by atoms with Gasteiger partial charge in [-0.1, -0.05) is 18.2 Å². The van der Waals surface area contributed by atoms with Gasteiger partial charge in [0.25, 0.3) is 0 Å². The second-order valence-electron chi connectivity index (χ2n) is 8.24. The minimum absolute atomic E-state index is 0.122. The summed E-state index contributed by atoms with van der Waals surface area (Å²) >= 11 is 1.39. The number of benzene rings is 1. The van der Waals surface area contributed by atoms with Gasteiger partial charge in [-0.25, -0.2) is 4.79 Å². The van der Waals surface area contributed by atoms with Gasteiger partial charge in [0.15, 0.2) is 0 Å². The van der Waals surface area contributed by atoms with Crippen molar-refractivity contribution in [1.29, 1.82) is 0 Å². The predicted octanol–water partition coefficient (Wildman–Crippen LogP) is -0.176. The van der Waals surface area contributed by atoms with Gasteiger partial charge in [0, 0.05) is 17.1 Å². The Morgan fingerprint density at radius 1 is 1.00 bits per heavy atom. The summed E-state index contributed by atoms with van der Waals surface area (Å²) in [6, 6.07) is 2.64. The van der Waals surface area contributed by atoms with Crippen LogP contribution in [-0.2, 0) is 30.4 Å². The molecule has 1 aromatic heterocycles. The second kappa shape index (κ2) is 13.5. The maximum atomic E-state index is 12.6. The van der Waals surface area contributed by atoms with Gasteiger partial charge < -0.3 is 36.9 Å². The molecule has 1 heterocycles. The molecule has 0 saturated carbocycles. The lowest BCUT2D eigenvalue weighted by Crippen LogP contribution is -2.57. The molecule has 0 bridgehead atoms. The number of carbonyl (C=O) groups excluding carboxylic acids is 3. The van der Waals surface area contributed by atoms with Crippen LogP contribution in [-0.4, -0.2) is 81.0 Å². The van der Waals surface area contributed by atoms with Gasteiger partial charge in [0.1, 0.15) is 18.1 Å². The van der Waals surface area contributed by atoms with E-state index >= 15 is 0 Å². The Hall–Kier alpha value is -3.58. The summed E-state index contributed by atoms with van der Waals surface area (Å²) in [6.07, 6.45) is 3.09. The highest BCUT2D eigenvalue weighted by molar-refractivity contribution is 7.98. The van der Waals surface area contributed by atoms with Crippen molar-refractivity contribution in [3.05, 3.63) is 36.0 Å². The number of hydrogen-bond donors (Lipinski definition) is 7. The number of aromatic nitrogens is 1. The van der Waals surface area contributed by atoms with E-state index in [2.05, 4.69) is 20.9 Å². The number of carbonyl (C=O) groups is 5. The summed E-state index contributed by atoms with van der Waals surface area (Å²) in [7, 11) is 0. The lowest BCUT2D eigenvalue weighted by molar-refractivity contribution is -0.143. The number of amides is 3. The number of rotatable bonds is 14. The third kappa shape index (κ3) is 8.27. The molecule has 0 spiro atoms. The summed E-state index contributed by atoms with van der Waals surface area (Å²) in [4.78, 5) is 63.5. The summed E-state index contributed by atoms with van der Waals surface area (Å²) in [6.45, 7) is 1.36. The maximum Gasteiger partial charge on any atom is 0.326 e. The summed E-state index contributed by atoms with van der Waals surface area (Å²) in [5.41, 5.74) is 7.76. The number of fused-ring (bicyclic) bond motifs is 1. The molecule has 12 nitrogen and oxygen atoms in total.